The Morgan fingerprint density at radius 1 is 1.32 bits per heavy atom. The number of rotatable bonds is 8. The molecule has 106 valence electrons. The molecule has 19 heavy (non-hydrogen) atoms. The Kier molecular flexibility index (Phi) is 7.26. The number of carbonyl (C=O) groups excluding carboxylic acids is 1. The molecule has 1 amide bonds. The molecule has 0 radical (unpaired) electrons. The maximum atomic E-state index is 11.9. The van der Waals surface area contributed by atoms with Crippen molar-refractivity contribution in [1.29, 1.82) is 0 Å². The lowest BCUT2D eigenvalue weighted by Gasteiger charge is -2.07. The summed E-state index contributed by atoms with van der Waals surface area (Å²) in [7, 11) is 0. The van der Waals surface area contributed by atoms with Crippen molar-refractivity contribution in [2.24, 2.45) is 0 Å². The van der Waals surface area contributed by atoms with E-state index in [2.05, 4.69) is 17.2 Å². The third-order valence-corrected chi connectivity index (χ3v) is 3.17. The van der Waals surface area contributed by atoms with Gasteiger partial charge >= 0.3 is 0 Å². The maximum absolute atomic E-state index is 11.9. The van der Waals surface area contributed by atoms with Crippen LogP contribution in [-0.2, 0) is 0 Å². The first-order chi connectivity index (χ1) is 9.15. The second-order valence-corrected chi connectivity index (χ2v) is 5.01. The number of nitrogens with one attached hydrogen (secondary N) is 1. The highest BCUT2D eigenvalue weighted by Crippen LogP contribution is 2.14. The topological polar surface area (TPSA) is 68.0 Å². The lowest BCUT2D eigenvalue weighted by atomic mass is 10.1. The number of nitrogen functional groups attached to an aromatic ring is 1. The van der Waals surface area contributed by atoms with Crippen molar-refractivity contribution in [3.8, 4) is 0 Å². The molecule has 3 N–H and O–H groups in total. The van der Waals surface area contributed by atoms with Crippen LogP contribution in [0.25, 0.3) is 0 Å². The van der Waals surface area contributed by atoms with Gasteiger partial charge < -0.3 is 11.1 Å². The smallest absolute Gasteiger partial charge is 0.253 e. The summed E-state index contributed by atoms with van der Waals surface area (Å²) in [5.74, 6) is -0.185. The van der Waals surface area contributed by atoms with Gasteiger partial charge in [-0.05, 0) is 12.5 Å². The predicted octanol–water partition coefficient (Wildman–Crippen LogP) is 3.41. The molecule has 0 unspecified atom stereocenters. The van der Waals surface area contributed by atoms with Gasteiger partial charge in [-0.15, -0.1) is 0 Å². The molecule has 0 atom stereocenters. The van der Waals surface area contributed by atoms with E-state index >= 15 is 0 Å². The van der Waals surface area contributed by atoms with Crippen LogP contribution in [0.5, 0.6) is 0 Å². The van der Waals surface area contributed by atoms with Gasteiger partial charge in [0.25, 0.3) is 5.91 Å². The molecule has 0 aliphatic heterocycles. The van der Waals surface area contributed by atoms with Gasteiger partial charge in [-0.2, -0.15) is 0 Å². The van der Waals surface area contributed by atoms with Crippen LogP contribution in [-0.4, -0.2) is 17.4 Å². The Morgan fingerprint density at radius 3 is 2.74 bits per heavy atom. The molecule has 0 aliphatic carbocycles. The highest BCUT2D eigenvalue weighted by molar-refractivity contribution is 6.29. The summed E-state index contributed by atoms with van der Waals surface area (Å²) < 4.78 is 0. The Balaban J connectivity index is 2.26. The minimum atomic E-state index is -0.185. The monoisotopic (exact) mass is 283 g/mol. The van der Waals surface area contributed by atoms with Gasteiger partial charge in [0.1, 0.15) is 5.15 Å². The lowest BCUT2D eigenvalue weighted by molar-refractivity contribution is 0.0953. The standard InChI is InChI=1S/C14H22ClN3O/c1-2-3-4-5-6-7-8-17-14(19)11-9-13(15)18-10-12(11)16/h9-10H,2-8,16H2,1H3,(H,17,19). The predicted molar refractivity (Wildman–Crippen MR) is 79.4 cm³/mol. The molecule has 0 saturated heterocycles. The van der Waals surface area contributed by atoms with Crippen LogP contribution in [0.3, 0.4) is 0 Å². The van der Waals surface area contributed by atoms with Crippen LogP contribution in [0, 0.1) is 0 Å². The van der Waals surface area contributed by atoms with Crippen LogP contribution in [0.15, 0.2) is 12.3 Å². The van der Waals surface area contributed by atoms with Crippen LogP contribution in [0.1, 0.15) is 55.8 Å². The number of hydrogen-bond acceptors (Lipinski definition) is 3. The molecular formula is C14H22ClN3O. The molecule has 1 heterocycles. The number of nitrogens with zero attached hydrogens (tertiary/aromatic N) is 1. The quantitative estimate of drug-likeness (QED) is 0.567. The third kappa shape index (κ3) is 5.92. The summed E-state index contributed by atoms with van der Waals surface area (Å²) in [5, 5.41) is 3.13. The minimum absolute atomic E-state index is 0.185. The number of pyridine rings is 1. The zero-order valence-electron chi connectivity index (χ0n) is 11.4. The number of nitrogens with two attached hydrogens (primary N) is 1. The average Bonchev–Trinajstić information content (AvgIpc) is 2.40. The molecule has 1 aromatic heterocycles. The molecule has 1 rings (SSSR count). The largest absolute Gasteiger partial charge is 0.397 e. The van der Waals surface area contributed by atoms with E-state index in [4.69, 9.17) is 17.3 Å². The van der Waals surface area contributed by atoms with Gasteiger partial charge in [-0.3, -0.25) is 4.79 Å². The maximum Gasteiger partial charge on any atom is 0.253 e. The number of aromatic nitrogens is 1. The Bertz CT molecular complexity index is 410. The number of halogens is 1. The number of hydrogen-bond donors (Lipinski definition) is 2. The Morgan fingerprint density at radius 2 is 2.00 bits per heavy atom. The highest BCUT2D eigenvalue weighted by atomic mass is 35.5. The summed E-state index contributed by atoms with van der Waals surface area (Å²) >= 11 is 5.75. The van der Waals surface area contributed by atoms with Gasteiger partial charge in [-0.1, -0.05) is 50.6 Å². The second kappa shape index (κ2) is 8.75. The van der Waals surface area contributed by atoms with Crippen molar-refractivity contribution in [1.82, 2.24) is 10.3 Å². The van der Waals surface area contributed by atoms with Crippen molar-refractivity contribution in [3.05, 3.63) is 23.0 Å². The molecule has 0 aromatic carbocycles. The van der Waals surface area contributed by atoms with Gasteiger partial charge in [0.2, 0.25) is 0 Å². The lowest BCUT2D eigenvalue weighted by Crippen LogP contribution is -2.25. The molecule has 5 heteroatoms. The fourth-order valence-electron chi connectivity index (χ4n) is 1.84. The van der Waals surface area contributed by atoms with Gasteiger partial charge in [-0.25, -0.2) is 4.98 Å². The van der Waals surface area contributed by atoms with E-state index in [0.29, 0.717) is 17.8 Å². The van der Waals surface area contributed by atoms with Crippen molar-refractivity contribution >= 4 is 23.2 Å². The van der Waals surface area contributed by atoms with Crippen LogP contribution < -0.4 is 11.1 Å². The zero-order valence-corrected chi connectivity index (χ0v) is 12.2. The van der Waals surface area contributed by atoms with E-state index in [1.165, 1.54) is 37.9 Å². The first-order valence-corrected chi connectivity index (χ1v) is 7.22. The summed E-state index contributed by atoms with van der Waals surface area (Å²) in [4.78, 5) is 15.7. The van der Waals surface area contributed by atoms with E-state index in [1.807, 2.05) is 0 Å². The summed E-state index contributed by atoms with van der Waals surface area (Å²) in [6.45, 7) is 2.87. The Hall–Kier alpha value is -1.29. The molecule has 1 aromatic rings. The average molecular weight is 284 g/mol. The van der Waals surface area contributed by atoms with Gasteiger partial charge in [0, 0.05) is 6.54 Å². The summed E-state index contributed by atoms with van der Waals surface area (Å²) in [5.41, 5.74) is 6.44. The van der Waals surface area contributed by atoms with Crippen LogP contribution in [0.2, 0.25) is 5.15 Å². The van der Waals surface area contributed by atoms with E-state index < -0.39 is 0 Å². The first-order valence-electron chi connectivity index (χ1n) is 6.84. The fourth-order valence-corrected chi connectivity index (χ4v) is 2.00. The molecule has 0 aliphatic rings. The molecule has 0 spiro atoms. The molecule has 0 saturated carbocycles. The van der Waals surface area contributed by atoms with Crippen molar-refractivity contribution in [2.45, 2.75) is 45.4 Å². The van der Waals surface area contributed by atoms with Crippen LogP contribution in [0.4, 0.5) is 5.69 Å². The zero-order chi connectivity index (χ0) is 14.1. The molecule has 0 bridgehead atoms. The number of carbonyl (C=O) groups is 1. The molecule has 4 nitrogen and oxygen atoms in total. The van der Waals surface area contributed by atoms with Gasteiger partial charge in [0.15, 0.2) is 0 Å². The minimum Gasteiger partial charge on any atom is -0.397 e. The SMILES string of the molecule is CCCCCCCCNC(=O)c1cc(Cl)ncc1N. The number of unbranched alkanes of at least 4 members (excludes halogenated alkanes) is 5. The van der Waals surface area contributed by atoms with Crippen molar-refractivity contribution < 1.29 is 4.79 Å². The summed E-state index contributed by atoms with van der Waals surface area (Å²) in [6.07, 6.45) is 8.59. The highest BCUT2D eigenvalue weighted by Gasteiger charge is 2.10. The van der Waals surface area contributed by atoms with Crippen molar-refractivity contribution in [2.75, 3.05) is 12.3 Å². The molecule has 0 fully saturated rings. The van der Waals surface area contributed by atoms with Gasteiger partial charge in [0.05, 0.1) is 17.4 Å². The second-order valence-electron chi connectivity index (χ2n) is 4.62. The van der Waals surface area contributed by atoms with E-state index in [9.17, 15) is 4.79 Å². The normalized spacial score (nSPS) is 10.4. The first kappa shape index (κ1) is 15.8. The summed E-state index contributed by atoms with van der Waals surface area (Å²) in [6, 6.07) is 1.49. The van der Waals surface area contributed by atoms with E-state index in [1.54, 1.807) is 0 Å². The third-order valence-electron chi connectivity index (χ3n) is 2.96. The van der Waals surface area contributed by atoms with Crippen LogP contribution >= 0.6 is 11.6 Å². The van der Waals surface area contributed by atoms with Crippen molar-refractivity contribution in [3.63, 3.8) is 0 Å². The fraction of sp³-hybridized carbons (Fsp3) is 0.571. The van der Waals surface area contributed by atoms with E-state index in [0.717, 1.165) is 12.8 Å². The number of anilines is 1. The van der Waals surface area contributed by atoms with E-state index in [-0.39, 0.29) is 11.1 Å². The molecular weight excluding hydrogens is 262 g/mol. The number of amides is 1. The Labute approximate surface area is 119 Å².